The number of aryl methyl sites for hydroxylation is 2. The van der Waals surface area contributed by atoms with E-state index in [0.29, 0.717) is 73.8 Å². The van der Waals surface area contributed by atoms with Crippen LogP contribution in [0, 0.1) is 35.8 Å². The van der Waals surface area contributed by atoms with Crippen molar-refractivity contribution in [1.82, 2.24) is 39.4 Å². The predicted octanol–water partition coefficient (Wildman–Crippen LogP) is 4.78. The number of fused-ring (bicyclic) bond motifs is 7. The lowest BCUT2D eigenvalue weighted by molar-refractivity contribution is -0.164. The lowest BCUT2D eigenvalue weighted by Crippen LogP contribution is -2.74. The van der Waals surface area contributed by atoms with Crippen LogP contribution in [0.5, 0.6) is 5.88 Å². The molecule has 4 amide bonds. The Hall–Kier alpha value is -6.23. The number of ether oxygens (including phenoxy) is 1. The highest BCUT2D eigenvalue weighted by Gasteiger charge is 2.54. The Labute approximate surface area is 356 Å². The number of piperidine rings is 1. The zero-order valence-electron chi connectivity index (χ0n) is 34.9. The minimum Gasteiger partial charge on any atom is -0.477 e. The molecule has 2 atom stereocenters. The van der Waals surface area contributed by atoms with E-state index in [1.165, 1.54) is 12.1 Å². The molecule has 2 aromatic carbocycles. The molecule has 0 aliphatic carbocycles. The molecule has 5 aliphatic heterocycles. The number of halogens is 2. The van der Waals surface area contributed by atoms with Crippen molar-refractivity contribution in [2.24, 2.45) is 24.3 Å². The zero-order valence-corrected chi connectivity index (χ0v) is 34.9. The maximum Gasteiger partial charge on any atom is 0.258 e. The molecular formula is C45H48F2N10O5. The van der Waals surface area contributed by atoms with Gasteiger partial charge in [0.1, 0.15) is 11.6 Å². The van der Waals surface area contributed by atoms with E-state index in [2.05, 4.69) is 44.3 Å². The molecule has 62 heavy (non-hydrogen) atoms. The molecule has 1 spiro atoms. The fraction of sp³-hybridized carbons (Fsp3) is 0.444. The molecule has 0 unspecified atom stereocenters. The van der Waals surface area contributed by atoms with Crippen LogP contribution in [0.1, 0.15) is 65.7 Å². The molecule has 322 valence electrons. The fourth-order valence-corrected chi connectivity index (χ4v) is 9.99. The number of benzene rings is 2. The van der Waals surface area contributed by atoms with E-state index in [4.69, 9.17) is 14.7 Å². The third-order valence-electron chi connectivity index (χ3n) is 13.1. The molecule has 0 saturated carbocycles. The molecule has 2 bridgehead atoms. The van der Waals surface area contributed by atoms with E-state index in [-0.39, 0.29) is 47.5 Å². The van der Waals surface area contributed by atoms with Crippen molar-refractivity contribution < 1.29 is 32.7 Å². The van der Waals surface area contributed by atoms with Crippen LogP contribution in [0.2, 0.25) is 0 Å². The Morgan fingerprint density at radius 3 is 2.48 bits per heavy atom. The summed E-state index contributed by atoms with van der Waals surface area (Å²) in [4.78, 5) is 66.7. The summed E-state index contributed by atoms with van der Waals surface area (Å²) in [7, 11) is 1.83. The predicted molar refractivity (Wildman–Crippen MR) is 224 cm³/mol. The number of likely N-dealkylation sites (tertiary alicyclic amines) is 2. The highest BCUT2D eigenvalue weighted by molar-refractivity contribution is 6.05. The summed E-state index contributed by atoms with van der Waals surface area (Å²) in [6, 6.07) is 12.2. The monoisotopic (exact) mass is 846 g/mol. The minimum atomic E-state index is -1.06. The van der Waals surface area contributed by atoms with Gasteiger partial charge in [0.05, 0.1) is 46.9 Å². The molecule has 8 heterocycles. The SMILES string of the molecule is Cc1cc2cc(n1)-c1cnn(C)c1OCCC[C@@H](C)Cn1c(nc3ccc(CN4CC5(C4)CN(C(=O)C4CN(c6cc(F)c([C@H]7CCC(=O)NC7=O)c(F)c6)C4)C5)cc31)NC2=O. The lowest BCUT2D eigenvalue weighted by Gasteiger charge is -2.61. The molecular weight excluding hydrogens is 799 g/mol. The Bertz CT molecular complexity index is 2630. The third kappa shape index (κ3) is 7.24. The van der Waals surface area contributed by atoms with Gasteiger partial charge in [-0.15, -0.1) is 0 Å². The number of hydrogen-bond donors (Lipinski definition) is 2. The number of carbonyl (C=O) groups is 4. The number of aromatic nitrogens is 5. The molecule has 15 nitrogen and oxygen atoms in total. The molecule has 17 heteroatoms. The Morgan fingerprint density at radius 2 is 1.73 bits per heavy atom. The van der Waals surface area contributed by atoms with Crippen LogP contribution >= 0.6 is 0 Å². The first kappa shape index (κ1) is 39.9. The number of carbonyl (C=O) groups excluding carboxylic acids is 4. The Morgan fingerprint density at radius 1 is 0.952 bits per heavy atom. The van der Waals surface area contributed by atoms with Gasteiger partial charge in [0.2, 0.25) is 29.5 Å². The summed E-state index contributed by atoms with van der Waals surface area (Å²) in [5.74, 6) is -2.94. The third-order valence-corrected chi connectivity index (χ3v) is 13.1. The van der Waals surface area contributed by atoms with E-state index in [1.54, 1.807) is 27.9 Å². The summed E-state index contributed by atoms with van der Waals surface area (Å²) in [5.41, 5.74) is 5.47. The number of imidazole rings is 1. The largest absolute Gasteiger partial charge is 0.477 e. The summed E-state index contributed by atoms with van der Waals surface area (Å²) in [5, 5.41) is 9.67. The van der Waals surface area contributed by atoms with Crippen LogP contribution in [-0.2, 0) is 34.5 Å². The van der Waals surface area contributed by atoms with Crippen molar-refractivity contribution in [2.45, 2.75) is 58.5 Å². The first-order chi connectivity index (χ1) is 29.8. The number of rotatable bonds is 5. The second-order valence-electron chi connectivity index (χ2n) is 18.1. The van der Waals surface area contributed by atoms with Gasteiger partial charge >= 0.3 is 0 Å². The highest BCUT2D eigenvalue weighted by atomic mass is 19.1. The number of nitrogens with zero attached hydrogens (tertiary/aromatic N) is 8. The number of amides is 4. The highest BCUT2D eigenvalue weighted by Crippen LogP contribution is 2.42. The van der Waals surface area contributed by atoms with Crippen molar-refractivity contribution in [3.05, 3.63) is 82.7 Å². The van der Waals surface area contributed by atoms with Gasteiger partial charge in [-0.05, 0) is 74.1 Å². The molecule has 5 aliphatic rings. The topological polar surface area (TPSA) is 160 Å². The summed E-state index contributed by atoms with van der Waals surface area (Å²) in [6.45, 7) is 9.82. The Balaban J connectivity index is 0.766. The van der Waals surface area contributed by atoms with Gasteiger partial charge < -0.3 is 19.1 Å². The zero-order chi connectivity index (χ0) is 43.0. The molecule has 10 rings (SSSR count). The van der Waals surface area contributed by atoms with Crippen molar-refractivity contribution in [3.63, 3.8) is 0 Å². The quantitative estimate of drug-likeness (QED) is 0.236. The number of pyridine rings is 1. The van der Waals surface area contributed by atoms with Crippen molar-refractivity contribution >= 4 is 46.3 Å². The Kier molecular flexibility index (Phi) is 9.83. The van der Waals surface area contributed by atoms with Crippen LogP contribution in [0.15, 0.2) is 48.7 Å². The van der Waals surface area contributed by atoms with E-state index in [9.17, 15) is 19.2 Å². The molecule has 4 fully saturated rings. The van der Waals surface area contributed by atoms with E-state index in [1.807, 2.05) is 24.9 Å². The fourth-order valence-electron chi connectivity index (χ4n) is 9.99. The first-order valence-corrected chi connectivity index (χ1v) is 21.3. The molecule has 4 saturated heterocycles. The van der Waals surface area contributed by atoms with E-state index < -0.39 is 29.4 Å². The standard InChI is InChI=1S/C45H48F2N10O5/c1-25-5-4-10-62-43-32(16-48-53(43)3)36-13-28(11-26(2)49-36)40(59)52-44-50-35-8-6-27(12-37(35)57(44)17-25)18-54-21-45(22-54)23-56(24-45)42(61)29-19-55(20-29)30-14-33(46)39(34(47)15-30)31-7-9-38(58)51-41(31)60/h6,8,11-16,25,29,31H,4-5,7,9-10,17-24H2,1-3H3,(H,50,52,59)(H,51,58,60)/t25-,31-/m1/s1. The van der Waals surface area contributed by atoms with Crippen molar-refractivity contribution in [2.75, 3.05) is 56.1 Å². The van der Waals surface area contributed by atoms with Crippen LogP contribution in [0.3, 0.4) is 0 Å². The van der Waals surface area contributed by atoms with Gasteiger partial charge in [-0.2, -0.15) is 5.10 Å². The average Bonchev–Trinajstić information content (AvgIpc) is 3.71. The van der Waals surface area contributed by atoms with Gasteiger partial charge in [0.15, 0.2) is 0 Å². The number of imide groups is 1. The van der Waals surface area contributed by atoms with Crippen LogP contribution in [0.4, 0.5) is 20.4 Å². The van der Waals surface area contributed by atoms with Gasteiger partial charge in [0.25, 0.3) is 5.91 Å². The van der Waals surface area contributed by atoms with E-state index in [0.717, 1.165) is 54.6 Å². The molecule has 3 aromatic heterocycles. The summed E-state index contributed by atoms with van der Waals surface area (Å²) < 4.78 is 40.3. The number of nitrogens with one attached hydrogen (secondary N) is 2. The van der Waals surface area contributed by atoms with Crippen LogP contribution < -0.4 is 20.3 Å². The van der Waals surface area contributed by atoms with Crippen LogP contribution in [-0.4, -0.2) is 104 Å². The minimum absolute atomic E-state index is 0.0255. The molecule has 2 N–H and O–H groups in total. The first-order valence-electron chi connectivity index (χ1n) is 21.3. The normalized spacial score (nSPS) is 21.7. The molecule has 5 aromatic rings. The number of hydrogen-bond acceptors (Lipinski definition) is 10. The smallest absolute Gasteiger partial charge is 0.258 e. The maximum absolute atomic E-state index is 15.1. The van der Waals surface area contributed by atoms with Crippen molar-refractivity contribution in [3.8, 4) is 17.1 Å². The maximum atomic E-state index is 15.1. The summed E-state index contributed by atoms with van der Waals surface area (Å²) in [6.07, 6.45) is 3.54. The summed E-state index contributed by atoms with van der Waals surface area (Å²) >= 11 is 0. The number of anilines is 2. The van der Waals surface area contributed by atoms with Crippen LogP contribution in [0.25, 0.3) is 22.3 Å². The average molecular weight is 847 g/mol. The van der Waals surface area contributed by atoms with Gasteiger partial charge in [-0.25, -0.2) is 18.4 Å². The molecule has 0 radical (unpaired) electrons. The van der Waals surface area contributed by atoms with Crippen molar-refractivity contribution in [1.29, 1.82) is 0 Å². The van der Waals surface area contributed by atoms with Gasteiger partial charge in [-0.3, -0.25) is 39.7 Å². The lowest BCUT2D eigenvalue weighted by atomic mass is 9.72. The second kappa shape index (κ2) is 15.3. The second-order valence-corrected chi connectivity index (χ2v) is 18.1. The van der Waals surface area contributed by atoms with Gasteiger partial charge in [0, 0.05) is 93.7 Å². The van der Waals surface area contributed by atoms with E-state index >= 15 is 8.78 Å². The van der Waals surface area contributed by atoms with Gasteiger partial charge in [-0.1, -0.05) is 13.0 Å².